The SMILES string of the molecule is CCc1nc(-c2cnccc2C)c(N)n1C(C)(C)C. The molecule has 0 bridgehead atoms. The van der Waals surface area contributed by atoms with Crippen LogP contribution in [0, 0.1) is 6.92 Å². The lowest BCUT2D eigenvalue weighted by Crippen LogP contribution is -2.25. The minimum atomic E-state index is -0.0726. The highest BCUT2D eigenvalue weighted by atomic mass is 15.2. The first-order valence-corrected chi connectivity index (χ1v) is 6.64. The minimum Gasteiger partial charge on any atom is -0.383 e. The molecule has 102 valence electrons. The number of nitrogen functional groups attached to an aromatic ring is 1. The van der Waals surface area contributed by atoms with E-state index in [1.807, 2.05) is 12.3 Å². The summed E-state index contributed by atoms with van der Waals surface area (Å²) in [6, 6.07) is 1.98. The van der Waals surface area contributed by atoms with Crippen molar-refractivity contribution in [2.45, 2.75) is 46.6 Å². The Hall–Kier alpha value is -1.84. The molecule has 0 amide bonds. The van der Waals surface area contributed by atoms with Crippen LogP contribution in [0.5, 0.6) is 0 Å². The zero-order chi connectivity index (χ0) is 14.2. The number of pyridine rings is 1. The summed E-state index contributed by atoms with van der Waals surface area (Å²) in [5.41, 5.74) is 9.26. The van der Waals surface area contributed by atoms with E-state index in [1.54, 1.807) is 6.20 Å². The first-order chi connectivity index (χ1) is 8.86. The van der Waals surface area contributed by atoms with Crippen molar-refractivity contribution in [3.05, 3.63) is 29.8 Å². The molecule has 0 spiro atoms. The molecule has 4 nitrogen and oxygen atoms in total. The molecule has 0 aromatic carbocycles. The molecule has 0 saturated heterocycles. The van der Waals surface area contributed by atoms with Crippen LogP contribution >= 0.6 is 0 Å². The van der Waals surface area contributed by atoms with E-state index in [-0.39, 0.29) is 5.54 Å². The van der Waals surface area contributed by atoms with Crippen molar-refractivity contribution in [2.24, 2.45) is 0 Å². The van der Waals surface area contributed by atoms with Crippen LogP contribution in [0.4, 0.5) is 5.82 Å². The molecule has 0 aliphatic heterocycles. The van der Waals surface area contributed by atoms with E-state index in [0.29, 0.717) is 0 Å². The highest BCUT2D eigenvalue weighted by Crippen LogP contribution is 2.32. The molecule has 0 aliphatic carbocycles. The van der Waals surface area contributed by atoms with Crippen molar-refractivity contribution in [3.8, 4) is 11.3 Å². The predicted molar refractivity (Wildman–Crippen MR) is 79.0 cm³/mol. The Morgan fingerprint density at radius 3 is 2.47 bits per heavy atom. The Morgan fingerprint density at radius 2 is 2.00 bits per heavy atom. The molecule has 0 aliphatic rings. The molecule has 0 unspecified atom stereocenters. The molecule has 2 aromatic heterocycles. The van der Waals surface area contributed by atoms with E-state index in [9.17, 15) is 0 Å². The van der Waals surface area contributed by atoms with Gasteiger partial charge in [-0.25, -0.2) is 4.98 Å². The minimum absolute atomic E-state index is 0.0726. The van der Waals surface area contributed by atoms with Crippen molar-refractivity contribution < 1.29 is 0 Å². The van der Waals surface area contributed by atoms with Gasteiger partial charge in [0.2, 0.25) is 0 Å². The molecular formula is C15H22N4. The van der Waals surface area contributed by atoms with Crippen LogP contribution in [0.25, 0.3) is 11.3 Å². The predicted octanol–water partition coefficient (Wildman–Crippen LogP) is 3.15. The van der Waals surface area contributed by atoms with Gasteiger partial charge in [-0.15, -0.1) is 0 Å². The average Bonchev–Trinajstić information content (AvgIpc) is 2.66. The smallest absolute Gasteiger partial charge is 0.132 e. The molecule has 2 aromatic rings. The maximum absolute atomic E-state index is 6.34. The summed E-state index contributed by atoms with van der Waals surface area (Å²) in [5, 5.41) is 0. The van der Waals surface area contributed by atoms with Gasteiger partial charge in [-0.3, -0.25) is 4.98 Å². The Morgan fingerprint density at radius 1 is 1.32 bits per heavy atom. The van der Waals surface area contributed by atoms with Gasteiger partial charge in [0.25, 0.3) is 0 Å². The third-order valence-electron chi connectivity index (χ3n) is 3.26. The molecule has 0 atom stereocenters. The third kappa shape index (κ3) is 2.35. The first-order valence-electron chi connectivity index (χ1n) is 6.64. The summed E-state index contributed by atoms with van der Waals surface area (Å²) < 4.78 is 2.12. The van der Waals surface area contributed by atoms with Gasteiger partial charge in [0.05, 0.1) is 0 Å². The van der Waals surface area contributed by atoms with Crippen LogP contribution in [-0.2, 0) is 12.0 Å². The number of aromatic nitrogens is 3. The molecular weight excluding hydrogens is 236 g/mol. The molecule has 2 N–H and O–H groups in total. The molecule has 0 radical (unpaired) electrons. The van der Waals surface area contributed by atoms with Crippen molar-refractivity contribution in [3.63, 3.8) is 0 Å². The second-order valence-electron chi connectivity index (χ2n) is 5.81. The Kier molecular flexibility index (Phi) is 3.35. The highest BCUT2D eigenvalue weighted by molar-refractivity contribution is 5.73. The van der Waals surface area contributed by atoms with Crippen LogP contribution in [0.2, 0.25) is 0 Å². The van der Waals surface area contributed by atoms with Crippen LogP contribution < -0.4 is 5.73 Å². The zero-order valence-corrected chi connectivity index (χ0v) is 12.4. The van der Waals surface area contributed by atoms with Gasteiger partial charge in [0, 0.05) is 29.9 Å². The Labute approximate surface area is 114 Å². The van der Waals surface area contributed by atoms with Gasteiger partial charge in [0.1, 0.15) is 17.3 Å². The van der Waals surface area contributed by atoms with E-state index in [4.69, 9.17) is 10.7 Å². The summed E-state index contributed by atoms with van der Waals surface area (Å²) in [6.07, 6.45) is 4.48. The Bertz CT molecular complexity index is 591. The fourth-order valence-corrected chi connectivity index (χ4v) is 2.38. The number of rotatable bonds is 2. The highest BCUT2D eigenvalue weighted by Gasteiger charge is 2.24. The Balaban J connectivity index is 2.68. The zero-order valence-electron chi connectivity index (χ0n) is 12.4. The largest absolute Gasteiger partial charge is 0.383 e. The van der Waals surface area contributed by atoms with Gasteiger partial charge in [-0.1, -0.05) is 6.92 Å². The summed E-state index contributed by atoms with van der Waals surface area (Å²) in [7, 11) is 0. The molecule has 19 heavy (non-hydrogen) atoms. The van der Waals surface area contributed by atoms with Gasteiger partial charge in [-0.05, 0) is 39.3 Å². The summed E-state index contributed by atoms with van der Waals surface area (Å²) in [4.78, 5) is 8.91. The van der Waals surface area contributed by atoms with E-state index < -0.39 is 0 Å². The van der Waals surface area contributed by atoms with Crippen molar-refractivity contribution in [1.29, 1.82) is 0 Å². The van der Waals surface area contributed by atoms with Crippen molar-refractivity contribution in [1.82, 2.24) is 14.5 Å². The van der Waals surface area contributed by atoms with Crippen LogP contribution in [-0.4, -0.2) is 14.5 Å². The monoisotopic (exact) mass is 258 g/mol. The van der Waals surface area contributed by atoms with Gasteiger partial charge < -0.3 is 10.3 Å². The molecule has 4 heteroatoms. The second kappa shape index (κ2) is 4.68. The fourth-order valence-electron chi connectivity index (χ4n) is 2.38. The van der Waals surface area contributed by atoms with Crippen molar-refractivity contribution in [2.75, 3.05) is 5.73 Å². The summed E-state index contributed by atoms with van der Waals surface area (Å²) >= 11 is 0. The lowest BCUT2D eigenvalue weighted by atomic mass is 10.1. The molecule has 2 heterocycles. The quantitative estimate of drug-likeness (QED) is 0.900. The summed E-state index contributed by atoms with van der Waals surface area (Å²) in [5.74, 6) is 1.74. The van der Waals surface area contributed by atoms with Crippen molar-refractivity contribution >= 4 is 5.82 Å². The number of nitrogens with two attached hydrogens (primary N) is 1. The number of hydrogen-bond donors (Lipinski definition) is 1. The van der Waals surface area contributed by atoms with Crippen LogP contribution in [0.1, 0.15) is 39.1 Å². The number of imidazole rings is 1. The third-order valence-corrected chi connectivity index (χ3v) is 3.26. The molecule has 0 fully saturated rings. The average molecular weight is 258 g/mol. The lowest BCUT2D eigenvalue weighted by Gasteiger charge is -2.24. The summed E-state index contributed by atoms with van der Waals surface area (Å²) in [6.45, 7) is 10.6. The maximum atomic E-state index is 6.34. The van der Waals surface area contributed by atoms with Gasteiger partial charge >= 0.3 is 0 Å². The molecule has 0 saturated carbocycles. The standard InChI is InChI=1S/C15H22N4/c1-6-12-18-13(11-9-17-8-7-10(11)2)14(16)19(12)15(3,4)5/h7-9H,6,16H2,1-5H3. The number of hydrogen-bond acceptors (Lipinski definition) is 3. The molecule has 2 rings (SSSR count). The van der Waals surface area contributed by atoms with E-state index >= 15 is 0 Å². The van der Waals surface area contributed by atoms with Crippen LogP contribution in [0.3, 0.4) is 0 Å². The van der Waals surface area contributed by atoms with Gasteiger partial charge in [-0.2, -0.15) is 0 Å². The van der Waals surface area contributed by atoms with Gasteiger partial charge in [0.15, 0.2) is 0 Å². The first kappa shape index (κ1) is 13.6. The second-order valence-corrected chi connectivity index (χ2v) is 5.81. The maximum Gasteiger partial charge on any atom is 0.132 e. The fraction of sp³-hybridized carbons (Fsp3) is 0.467. The topological polar surface area (TPSA) is 56.7 Å². The van der Waals surface area contributed by atoms with E-state index in [2.05, 4.69) is 44.2 Å². The van der Waals surface area contributed by atoms with E-state index in [1.165, 1.54) is 0 Å². The number of anilines is 1. The van der Waals surface area contributed by atoms with E-state index in [0.717, 1.165) is 34.9 Å². The number of nitrogens with zero attached hydrogens (tertiary/aromatic N) is 3. The lowest BCUT2D eigenvalue weighted by molar-refractivity contribution is 0.389. The van der Waals surface area contributed by atoms with Crippen LogP contribution in [0.15, 0.2) is 18.5 Å². The normalized spacial score (nSPS) is 11.8. The number of aryl methyl sites for hydroxylation is 2.